The largest absolute Gasteiger partial charge is 0.344 e. The second-order valence-corrected chi connectivity index (χ2v) is 6.37. The second-order valence-electron chi connectivity index (χ2n) is 6.37. The average Bonchev–Trinajstić information content (AvgIpc) is 3.11. The van der Waals surface area contributed by atoms with Crippen molar-refractivity contribution < 1.29 is 4.79 Å². The Morgan fingerprint density at radius 3 is 2.76 bits per heavy atom. The Morgan fingerprint density at radius 2 is 2.24 bits per heavy atom. The number of hydrogen-bond donors (Lipinski definition) is 2. The van der Waals surface area contributed by atoms with Gasteiger partial charge < -0.3 is 15.2 Å². The standard InChI is InChI=1S/C16H26N4O/c1-11(2)13-10-17-16(18-13)15(12-7-8-12)19-14(21)6-5-9-20(3)4/h5-6,10-12,15H,7-9H2,1-4H3,(H,17,18)(H,19,21)/b6-5+. The molecule has 0 saturated heterocycles. The Bertz CT molecular complexity index is 500. The van der Waals surface area contributed by atoms with Crippen molar-refractivity contribution in [3.05, 3.63) is 29.9 Å². The smallest absolute Gasteiger partial charge is 0.244 e. The predicted octanol–water partition coefficient (Wildman–Crippen LogP) is 2.22. The molecular weight excluding hydrogens is 264 g/mol. The van der Waals surface area contributed by atoms with Gasteiger partial charge in [-0.25, -0.2) is 4.98 Å². The molecule has 1 atom stereocenters. The van der Waals surface area contributed by atoms with E-state index in [0.29, 0.717) is 11.8 Å². The van der Waals surface area contributed by atoms with Crippen molar-refractivity contribution in [1.82, 2.24) is 20.2 Å². The van der Waals surface area contributed by atoms with Gasteiger partial charge in [0.1, 0.15) is 5.82 Å². The number of aromatic amines is 1. The van der Waals surface area contributed by atoms with Gasteiger partial charge in [0.2, 0.25) is 5.91 Å². The van der Waals surface area contributed by atoms with Gasteiger partial charge in [-0.2, -0.15) is 0 Å². The molecule has 1 aromatic heterocycles. The van der Waals surface area contributed by atoms with E-state index in [9.17, 15) is 4.79 Å². The van der Waals surface area contributed by atoms with Crippen molar-refractivity contribution in [2.75, 3.05) is 20.6 Å². The summed E-state index contributed by atoms with van der Waals surface area (Å²) in [5, 5.41) is 3.08. The summed E-state index contributed by atoms with van der Waals surface area (Å²) in [6.07, 6.45) is 7.68. The zero-order valence-corrected chi connectivity index (χ0v) is 13.4. The first kappa shape index (κ1) is 15.8. The maximum atomic E-state index is 12.0. The Balaban J connectivity index is 1.99. The minimum atomic E-state index is -0.0451. The second kappa shape index (κ2) is 6.89. The van der Waals surface area contributed by atoms with Gasteiger partial charge >= 0.3 is 0 Å². The molecule has 5 heteroatoms. The summed E-state index contributed by atoms with van der Waals surface area (Å²) in [4.78, 5) is 21.9. The molecule has 1 unspecified atom stereocenters. The first-order valence-electron chi connectivity index (χ1n) is 7.64. The van der Waals surface area contributed by atoms with E-state index in [1.165, 1.54) is 0 Å². The Kier molecular flexibility index (Phi) is 5.17. The highest BCUT2D eigenvalue weighted by atomic mass is 16.1. The van der Waals surface area contributed by atoms with Gasteiger partial charge in [0, 0.05) is 24.5 Å². The van der Waals surface area contributed by atoms with Crippen LogP contribution in [0, 0.1) is 5.92 Å². The summed E-state index contributed by atoms with van der Waals surface area (Å²) in [6, 6.07) is 0.00834. The van der Waals surface area contributed by atoms with Crippen LogP contribution in [0.4, 0.5) is 0 Å². The fraction of sp³-hybridized carbons (Fsp3) is 0.625. The molecule has 0 spiro atoms. The zero-order chi connectivity index (χ0) is 15.4. The van der Waals surface area contributed by atoms with Crippen LogP contribution in [-0.4, -0.2) is 41.4 Å². The third kappa shape index (κ3) is 4.70. The van der Waals surface area contributed by atoms with Crippen LogP contribution in [0.25, 0.3) is 0 Å². The fourth-order valence-electron chi connectivity index (χ4n) is 2.21. The van der Waals surface area contributed by atoms with Gasteiger partial charge in [-0.05, 0) is 38.8 Å². The third-order valence-electron chi connectivity index (χ3n) is 3.66. The molecule has 1 aliphatic carbocycles. The molecule has 0 aromatic carbocycles. The summed E-state index contributed by atoms with van der Waals surface area (Å²) in [7, 11) is 3.96. The van der Waals surface area contributed by atoms with Crippen molar-refractivity contribution in [3.63, 3.8) is 0 Å². The average molecular weight is 290 g/mol. The lowest BCUT2D eigenvalue weighted by atomic mass is 10.1. The van der Waals surface area contributed by atoms with Gasteiger partial charge in [-0.15, -0.1) is 0 Å². The number of imidazole rings is 1. The molecular formula is C16H26N4O. The summed E-state index contributed by atoms with van der Waals surface area (Å²) < 4.78 is 0. The third-order valence-corrected chi connectivity index (χ3v) is 3.66. The fourth-order valence-corrected chi connectivity index (χ4v) is 2.21. The van der Waals surface area contributed by atoms with Crippen LogP contribution in [0.3, 0.4) is 0 Å². The number of carbonyl (C=O) groups excluding carboxylic acids is 1. The van der Waals surface area contributed by atoms with Crippen LogP contribution in [0.2, 0.25) is 0 Å². The number of nitrogens with zero attached hydrogens (tertiary/aromatic N) is 2. The molecule has 116 valence electrons. The van der Waals surface area contributed by atoms with E-state index in [1.807, 2.05) is 31.3 Å². The highest BCUT2D eigenvalue weighted by Crippen LogP contribution is 2.40. The molecule has 1 fully saturated rings. The van der Waals surface area contributed by atoms with Crippen molar-refractivity contribution in [2.24, 2.45) is 5.92 Å². The lowest BCUT2D eigenvalue weighted by Crippen LogP contribution is -2.29. The topological polar surface area (TPSA) is 61.0 Å². The Morgan fingerprint density at radius 1 is 1.52 bits per heavy atom. The van der Waals surface area contributed by atoms with Crippen molar-refractivity contribution >= 4 is 5.91 Å². The number of amides is 1. The van der Waals surface area contributed by atoms with Gasteiger partial charge in [0.25, 0.3) is 0 Å². The number of likely N-dealkylation sites (N-methyl/N-ethyl adjacent to an activating group) is 1. The van der Waals surface area contributed by atoms with E-state index >= 15 is 0 Å². The zero-order valence-electron chi connectivity index (χ0n) is 13.4. The van der Waals surface area contributed by atoms with E-state index in [1.54, 1.807) is 6.08 Å². The summed E-state index contributed by atoms with van der Waals surface area (Å²) in [5.41, 5.74) is 1.12. The maximum Gasteiger partial charge on any atom is 0.244 e. The van der Waals surface area contributed by atoms with E-state index in [-0.39, 0.29) is 11.9 Å². The van der Waals surface area contributed by atoms with Gasteiger partial charge in [-0.1, -0.05) is 19.9 Å². The highest BCUT2D eigenvalue weighted by molar-refractivity contribution is 5.87. The minimum absolute atomic E-state index is 0.00834. The van der Waals surface area contributed by atoms with Crippen LogP contribution in [0.1, 0.15) is 50.2 Å². The number of carbonyl (C=O) groups is 1. The number of nitrogens with one attached hydrogen (secondary N) is 2. The van der Waals surface area contributed by atoms with Crippen molar-refractivity contribution in [1.29, 1.82) is 0 Å². The Hall–Kier alpha value is -1.62. The molecule has 0 aliphatic heterocycles. The lowest BCUT2D eigenvalue weighted by molar-refractivity contribution is -0.117. The summed E-state index contributed by atoms with van der Waals surface area (Å²) in [6.45, 7) is 5.03. The van der Waals surface area contributed by atoms with E-state index in [4.69, 9.17) is 0 Å². The molecule has 1 heterocycles. The molecule has 2 N–H and O–H groups in total. The SMILES string of the molecule is CC(C)c1cnc(C(NC(=O)/C=C/CN(C)C)C2CC2)[nH]1. The van der Waals surface area contributed by atoms with E-state index in [0.717, 1.165) is 30.9 Å². The van der Waals surface area contributed by atoms with E-state index in [2.05, 4.69) is 29.1 Å². The predicted molar refractivity (Wildman–Crippen MR) is 84.0 cm³/mol. The summed E-state index contributed by atoms with van der Waals surface area (Å²) >= 11 is 0. The Labute approximate surface area is 126 Å². The van der Waals surface area contributed by atoms with Crippen LogP contribution in [0.5, 0.6) is 0 Å². The molecule has 21 heavy (non-hydrogen) atoms. The van der Waals surface area contributed by atoms with Crippen LogP contribution < -0.4 is 5.32 Å². The number of H-pyrrole nitrogens is 1. The van der Waals surface area contributed by atoms with E-state index < -0.39 is 0 Å². The van der Waals surface area contributed by atoms with Crippen LogP contribution in [0.15, 0.2) is 18.3 Å². The first-order valence-corrected chi connectivity index (χ1v) is 7.64. The first-order chi connectivity index (χ1) is 9.97. The molecule has 1 aliphatic rings. The van der Waals surface area contributed by atoms with Gasteiger partial charge in [-0.3, -0.25) is 4.79 Å². The minimum Gasteiger partial charge on any atom is -0.344 e. The number of rotatable bonds is 7. The molecule has 5 nitrogen and oxygen atoms in total. The van der Waals surface area contributed by atoms with Crippen molar-refractivity contribution in [3.8, 4) is 0 Å². The molecule has 2 rings (SSSR count). The molecule has 0 radical (unpaired) electrons. The highest BCUT2D eigenvalue weighted by Gasteiger charge is 2.35. The number of aromatic nitrogens is 2. The lowest BCUT2D eigenvalue weighted by Gasteiger charge is -2.15. The normalized spacial score (nSPS) is 16.9. The molecule has 1 saturated carbocycles. The number of hydrogen-bond acceptors (Lipinski definition) is 3. The molecule has 1 amide bonds. The molecule has 0 bridgehead atoms. The van der Waals surface area contributed by atoms with Crippen molar-refractivity contribution in [2.45, 2.75) is 38.6 Å². The monoisotopic (exact) mass is 290 g/mol. The van der Waals surface area contributed by atoms with Gasteiger partial charge in [0.05, 0.1) is 6.04 Å². The van der Waals surface area contributed by atoms with Gasteiger partial charge in [0.15, 0.2) is 0 Å². The maximum absolute atomic E-state index is 12.0. The quantitative estimate of drug-likeness (QED) is 0.757. The van der Waals surface area contributed by atoms with Crippen LogP contribution >= 0.6 is 0 Å². The molecule has 1 aromatic rings. The van der Waals surface area contributed by atoms with Crippen LogP contribution in [-0.2, 0) is 4.79 Å². The summed E-state index contributed by atoms with van der Waals surface area (Å²) in [5.74, 6) is 1.77.